The van der Waals surface area contributed by atoms with Crippen molar-refractivity contribution >= 4 is 71.2 Å². The van der Waals surface area contributed by atoms with Crippen LogP contribution in [0.2, 0.25) is 0 Å². The van der Waals surface area contributed by atoms with E-state index in [0.717, 1.165) is 121 Å². The number of phenolic OH excluding ortho intramolecular Hbond substituents is 2. The minimum absolute atomic E-state index is 0.0145. The topological polar surface area (TPSA) is 210 Å². The fraction of sp³-hybridized carbons (Fsp3) is 0.479. The van der Waals surface area contributed by atoms with E-state index in [1.165, 1.54) is 22.8 Å². The summed E-state index contributed by atoms with van der Waals surface area (Å²) < 4.78 is 14.1. The SMILES string of the molecule is CC(C)Cc1cc(-c2oc3cc(O)c4c(c3c(=O)c2O)OC2CC3c5c-4cc4c6c(ccc(c56)C(SSCCCC2O)C3O)CC(CCC2(O)CCCCC2)C4CCO)c2c(c1O)Cc1cccc(c1)C1NCC(Cc3cccc(CC=O)c3)CC1SSC2. The molecule has 4 aliphatic heterocycles. The van der Waals surface area contributed by atoms with Crippen LogP contribution in [0.3, 0.4) is 0 Å². The van der Waals surface area contributed by atoms with E-state index in [1.54, 1.807) is 43.2 Å². The van der Waals surface area contributed by atoms with Gasteiger partial charge in [0.05, 0.1) is 28.6 Å². The molecule has 468 valence electrons. The Bertz CT molecular complexity index is 3930. The van der Waals surface area contributed by atoms with Crippen LogP contribution in [0.25, 0.3) is 44.2 Å². The zero-order valence-electron chi connectivity index (χ0n) is 50.7. The van der Waals surface area contributed by atoms with Crippen molar-refractivity contribution in [3.63, 3.8) is 0 Å². The number of ether oxygens (including phenoxy) is 1. The molecule has 2 saturated heterocycles. The van der Waals surface area contributed by atoms with E-state index < -0.39 is 41.0 Å². The largest absolute Gasteiger partial charge is 0.507 e. The Balaban J connectivity index is 0.925. The lowest BCUT2D eigenvalue weighted by atomic mass is 9.65. The summed E-state index contributed by atoms with van der Waals surface area (Å²) in [6, 6.07) is 26.8. The number of hydrogen-bond donors (Lipinski definition) is 8. The first-order chi connectivity index (χ1) is 43.2. The van der Waals surface area contributed by atoms with Gasteiger partial charge in [0, 0.05) is 65.4 Å². The maximum absolute atomic E-state index is 15.8. The molecule has 5 heterocycles. The molecule has 6 aromatic carbocycles. The van der Waals surface area contributed by atoms with Crippen LogP contribution in [-0.2, 0) is 42.7 Å². The van der Waals surface area contributed by atoms with Gasteiger partial charge in [-0.2, -0.15) is 0 Å². The van der Waals surface area contributed by atoms with Crippen molar-refractivity contribution < 1.29 is 49.7 Å². The Kier molecular flexibility index (Phi) is 17.5. The third-order valence-electron chi connectivity index (χ3n) is 20.9. The van der Waals surface area contributed by atoms with Gasteiger partial charge in [0.15, 0.2) is 5.76 Å². The summed E-state index contributed by atoms with van der Waals surface area (Å²) in [7, 11) is 6.83. The van der Waals surface area contributed by atoms with E-state index >= 15 is 4.79 Å². The number of fused-ring (bicyclic) bond motifs is 12. The number of carbonyl (C=O) groups excluding carboxylic acids is 1. The van der Waals surface area contributed by atoms with Crippen LogP contribution in [0.1, 0.15) is 175 Å². The molecule has 3 fully saturated rings. The van der Waals surface area contributed by atoms with Gasteiger partial charge in [-0.05, 0) is 191 Å². The quantitative estimate of drug-likeness (QED) is 0.0422. The highest BCUT2D eigenvalue weighted by molar-refractivity contribution is 8.77. The Morgan fingerprint density at radius 2 is 1.66 bits per heavy atom. The minimum Gasteiger partial charge on any atom is -0.507 e. The molecule has 12 nitrogen and oxygen atoms in total. The maximum Gasteiger partial charge on any atom is 0.238 e. The predicted octanol–water partition coefficient (Wildman–Crippen LogP) is 14.4. The van der Waals surface area contributed by atoms with Gasteiger partial charge in [0.25, 0.3) is 0 Å². The molecule has 1 saturated carbocycles. The maximum atomic E-state index is 15.8. The molecule has 10 atom stereocenters. The van der Waals surface area contributed by atoms with Gasteiger partial charge in [-0.15, -0.1) is 0 Å². The summed E-state index contributed by atoms with van der Waals surface area (Å²) in [5.41, 5.74) is 10.2. The third kappa shape index (κ3) is 11.5. The van der Waals surface area contributed by atoms with E-state index in [-0.39, 0.29) is 86.9 Å². The van der Waals surface area contributed by atoms with E-state index in [4.69, 9.17) is 9.15 Å². The third-order valence-corrected chi connectivity index (χ3v) is 26.5. The Morgan fingerprint density at radius 1 is 0.831 bits per heavy atom. The van der Waals surface area contributed by atoms with Crippen LogP contribution in [0.4, 0.5) is 0 Å². The van der Waals surface area contributed by atoms with Crippen molar-refractivity contribution in [2.75, 3.05) is 18.9 Å². The number of hydrogen-bond acceptors (Lipinski definition) is 16. The first kappa shape index (κ1) is 61.4. The number of rotatable bonds is 12. The van der Waals surface area contributed by atoms with Crippen LogP contribution in [-0.4, -0.2) is 90.1 Å². The molecule has 1 aromatic heterocycles. The van der Waals surface area contributed by atoms with Crippen LogP contribution < -0.4 is 15.5 Å². The van der Waals surface area contributed by atoms with Crippen molar-refractivity contribution in [2.45, 2.75) is 181 Å². The number of aldehydes is 1. The molecular formula is C73H81NO11S4. The van der Waals surface area contributed by atoms with Gasteiger partial charge in [0.2, 0.25) is 11.2 Å². The number of aromatic hydroxyl groups is 3. The number of aliphatic hydroxyl groups is 4. The van der Waals surface area contributed by atoms with Crippen LogP contribution in [0.15, 0.2) is 88.1 Å². The summed E-state index contributed by atoms with van der Waals surface area (Å²) in [5, 5.41) is 92.2. The second-order valence-corrected chi connectivity index (χ2v) is 32.4. The van der Waals surface area contributed by atoms with Crippen molar-refractivity contribution in [3.05, 3.63) is 150 Å². The number of nitrogens with one attached hydrogen (secondary N) is 1. The molecule has 0 amide bonds. The highest BCUT2D eigenvalue weighted by Gasteiger charge is 2.47. The highest BCUT2D eigenvalue weighted by atomic mass is 33.1. The highest BCUT2D eigenvalue weighted by Crippen LogP contribution is 2.62. The molecule has 10 unspecified atom stereocenters. The predicted molar refractivity (Wildman–Crippen MR) is 360 cm³/mol. The lowest BCUT2D eigenvalue weighted by Crippen LogP contribution is -2.41. The molecule has 0 radical (unpaired) electrons. The Hall–Kier alpha value is -5.14. The fourth-order valence-electron chi connectivity index (χ4n) is 16.7. The Labute approximate surface area is 536 Å². The van der Waals surface area contributed by atoms with Gasteiger partial charge in [-0.3, -0.25) is 4.79 Å². The molecule has 8 N–H and O–H groups in total. The molecule has 5 bridgehead atoms. The molecule has 0 spiro atoms. The minimum atomic E-state index is -1.02. The molecular weight excluding hydrogens is 1200 g/mol. The van der Waals surface area contributed by atoms with Gasteiger partial charge in [-0.25, -0.2) is 0 Å². The van der Waals surface area contributed by atoms with E-state index in [0.29, 0.717) is 78.9 Å². The van der Waals surface area contributed by atoms with Crippen LogP contribution in [0, 0.1) is 17.8 Å². The zero-order chi connectivity index (χ0) is 61.4. The molecule has 7 aromatic rings. The van der Waals surface area contributed by atoms with E-state index in [1.807, 2.05) is 18.2 Å². The first-order valence-corrected chi connectivity index (χ1v) is 37.2. The summed E-state index contributed by atoms with van der Waals surface area (Å²) in [4.78, 5) is 27.3. The number of aliphatic hydroxyl groups excluding tert-OH is 3. The van der Waals surface area contributed by atoms with Crippen molar-refractivity contribution in [1.29, 1.82) is 0 Å². The van der Waals surface area contributed by atoms with Crippen LogP contribution in [0.5, 0.6) is 23.0 Å². The second-order valence-electron chi connectivity index (χ2n) is 27.2. The monoisotopic (exact) mass is 1280 g/mol. The van der Waals surface area contributed by atoms with Crippen LogP contribution >= 0.6 is 43.2 Å². The molecule has 16 heteroatoms. The van der Waals surface area contributed by atoms with E-state index in [9.17, 15) is 40.5 Å². The summed E-state index contributed by atoms with van der Waals surface area (Å²) >= 11 is 0. The number of benzene rings is 6. The van der Waals surface area contributed by atoms with Crippen molar-refractivity contribution in [1.82, 2.24) is 5.32 Å². The zero-order valence-corrected chi connectivity index (χ0v) is 53.9. The molecule has 7 aliphatic rings. The van der Waals surface area contributed by atoms with Crippen molar-refractivity contribution in [2.24, 2.45) is 17.8 Å². The van der Waals surface area contributed by atoms with Crippen molar-refractivity contribution in [3.8, 4) is 45.4 Å². The average molecular weight is 1280 g/mol. The number of carbonyl (C=O) groups is 1. The number of piperidine rings is 1. The lowest BCUT2D eigenvalue weighted by molar-refractivity contribution is -0.107. The second kappa shape index (κ2) is 25.4. The van der Waals surface area contributed by atoms with Gasteiger partial charge in [-0.1, -0.05) is 137 Å². The summed E-state index contributed by atoms with van der Waals surface area (Å²) in [5.74, 6) is 0.177. The Morgan fingerprint density at radius 3 is 2.48 bits per heavy atom. The normalized spacial score (nSPS) is 26.3. The standard InChI is InChI=1S/C73H81NO11S4/c1-38(2)25-46-32-51(54-37-87-88-59-30-42(27-40-10-6-9-39(26-40)17-22-75)36-74-65(59)45-12-7-11-41(28-45)29-50(54)66(46)79)70-69(82)68(81)64-58(85-70)35-56(78)62-52-33-49-47(18-23-76)43(16-21-73(83)19-4-3-5-20-73)31-44-14-15-48-63(60(44)49)61(52)53-34-57(84-71(62)64)55(77)13-8-24-86-89-72(48)67(53)80/h6-7,9-12,14-15,22,26,28,32-33,35,38,42-43,47,53,55,57,59,65,67,72,74,76-80,82-83H,3-5,8,13,16-21,23-25,27,29-31,34,36-37H2,1-2H3. The first-order valence-electron chi connectivity index (χ1n) is 32.5. The lowest BCUT2D eigenvalue weighted by Gasteiger charge is -2.44. The fourth-order valence-corrected chi connectivity index (χ4v) is 22.6. The number of phenols is 2. The van der Waals surface area contributed by atoms with Gasteiger partial charge < -0.3 is 55.0 Å². The van der Waals surface area contributed by atoms with E-state index in [2.05, 4.69) is 73.8 Å². The van der Waals surface area contributed by atoms with Gasteiger partial charge >= 0.3 is 0 Å². The molecule has 3 aliphatic carbocycles. The van der Waals surface area contributed by atoms with Gasteiger partial charge in [0.1, 0.15) is 40.6 Å². The summed E-state index contributed by atoms with van der Waals surface area (Å²) in [6.45, 7) is 4.95. The average Bonchev–Trinajstić information content (AvgIpc) is 0.857. The molecule has 14 rings (SSSR count). The smallest absolute Gasteiger partial charge is 0.238 e. The molecule has 89 heavy (non-hydrogen) atoms. The summed E-state index contributed by atoms with van der Waals surface area (Å²) in [6.07, 6.45) is 9.78.